The summed E-state index contributed by atoms with van der Waals surface area (Å²) in [6.07, 6.45) is 3.63. The van der Waals surface area contributed by atoms with Crippen molar-refractivity contribution in [2.45, 2.75) is 44.2 Å². The van der Waals surface area contributed by atoms with Gasteiger partial charge in [0.05, 0.1) is 18.6 Å². The second kappa shape index (κ2) is 8.39. The third kappa shape index (κ3) is 4.98. The molecule has 2 aliphatic heterocycles. The molecule has 0 spiro atoms. The number of rotatable bonds is 6. The van der Waals surface area contributed by atoms with Gasteiger partial charge in [0, 0.05) is 31.6 Å². The summed E-state index contributed by atoms with van der Waals surface area (Å²) in [7, 11) is -1.20. The number of carbonyl (C=O) groups excluding carboxylic acids is 1. The van der Waals surface area contributed by atoms with E-state index in [1.807, 2.05) is 24.3 Å². The molecule has 7 heteroatoms. The first-order chi connectivity index (χ1) is 12.5. The molecule has 3 rings (SSSR count). The summed E-state index contributed by atoms with van der Waals surface area (Å²) in [5.74, 6) is 1.50. The van der Waals surface area contributed by atoms with Gasteiger partial charge in [0.15, 0.2) is 9.84 Å². The number of nitrogens with zero attached hydrogens (tertiary/aromatic N) is 1. The molecule has 1 atom stereocenters. The molecule has 1 aromatic rings. The molecule has 0 bridgehead atoms. The second-order valence-corrected chi connectivity index (χ2v) is 9.48. The monoisotopic (exact) mass is 380 g/mol. The normalized spacial score (nSPS) is 23.7. The molecule has 6 nitrogen and oxygen atoms in total. The molecule has 0 radical (unpaired) electrons. The Balaban J connectivity index is 1.41. The molecule has 2 fully saturated rings. The van der Waals surface area contributed by atoms with Crippen LogP contribution in [-0.4, -0.2) is 63.0 Å². The standard InChI is InChI=1S/C19H28N2O4S/c1-25-18-5-3-2-4-15(18)6-7-19(22)20-16-8-11-21(12-9-16)17-10-13-26(23,24)14-17/h2-5,16-17H,6-14H2,1H3,(H,20,22)/t17-/m1/s1. The van der Waals surface area contributed by atoms with Crippen LogP contribution in [-0.2, 0) is 21.1 Å². The molecule has 1 amide bonds. The number of likely N-dealkylation sites (tertiary alicyclic amines) is 1. The molecule has 2 heterocycles. The van der Waals surface area contributed by atoms with Crippen LogP contribution in [0.3, 0.4) is 0 Å². The van der Waals surface area contributed by atoms with E-state index in [1.54, 1.807) is 7.11 Å². The van der Waals surface area contributed by atoms with Crippen molar-refractivity contribution in [1.82, 2.24) is 10.2 Å². The lowest BCUT2D eigenvalue weighted by Crippen LogP contribution is -2.48. The van der Waals surface area contributed by atoms with E-state index in [0.29, 0.717) is 24.3 Å². The van der Waals surface area contributed by atoms with E-state index in [2.05, 4.69) is 10.2 Å². The molecule has 2 saturated heterocycles. The van der Waals surface area contributed by atoms with Crippen molar-refractivity contribution in [3.63, 3.8) is 0 Å². The van der Waals surface area contributed by atoms with Gasteiger partial charge in [0.2, 0.25) is 5.91 Å². The topological polar surface area (TPSA) is 75.7 Å². The highest BCUT2D eigenvalue weighted by atomic mass is 32.2. The Labute approximate surface area is 155 Å². The summed E-state index contributed by atoms with van der Waals surface area (Å²) in [6, 6.07) is 8.13. The molecule has 0 aromatic heterocycles. The number of methoxy groups -OCH3 is 1. The van der Waals surface area contributed by atoms with E-state index in [-0.39, 0.29) is 18.0 Å². The van der Waals surface area contributed by atoms with Crippen LogP contribution in [0.1, 0.15) is 31.2 Å². The molecule has 0 aliphatic carbocycles. The van der Waals surface area contributed by atoms with Gasteiger partial charge in [-0.2, -0.15) is 0 Å². The Morgan fingerprint density at radius 2 is 1.96 bits per heavy atom. The van der Waals surface area contributed by atoms with Crippen molar-refractivity contribution in [3.8, 4) is 5.75 Å². The van der Waals surface area contributed by atoms with Crippen molar-refractivity contribution in [2.24, 2.45) is 0 Å². The number of sulfone groups is 1. The lowest BCUT2D eigenvalue weighted by Gasteiger charge is -2.35. The van der Waals surface area contributed by atoms with Crippen LogP contribution in [0.15, 0.2) is 24.3 Å². The highest BCUT2D eigenvalue weighted by molar-refractivity contribution is 7.91. The Morgan fingerprint density at radius 3 is 2.62 bits per heavy atom. The van der Waals surface area contributed by atoms with E-state index < -0.39 is 9.84 Å². The second-order valence-electron chi connectivity index (χ2n) is 7.25. The maximum Gasteiger partial charge on any atom is 0.220 e. The molecule has 0 unspecified atom stereocenters. The first kappa shape index (κ1) is 19.2. The first-order valence-corrected chi connectivity index (χ1v) is 11.1. The van der Waals surface area contributed by atoms with E-state index in [1.165, 1.54) is 0 Å². The molecule has 2 aliphatic rings. The average molecular weight is 381 g/mol. The van der Waals surface area contributed by atoms with Gasteiger partial charge in [-0.25, -0.2) is 8.42 Å². The summed E-state index contributed by atoms with van der Waals surface area (Å²) in [5.41, 5.74) is 1.04. The largest absolute Gasteiger partial charge is 0.496 e. The zero-order valence-electron chi connectivity index (χ0n) is 15.3. The van der Waals surface area contributed by atoms with Crippen molar-refractivity contribution >= 4 is 15.7 Å². The van der Waals surface area contributed by atoms with E-state index in [0.717, 1.165) is 43.7 Å². The number of benzene rings is 1. The maximum atomic E-state index is 12.3. The summed E-state index contributed by atoms with van der Waals surface area (Å²) in [4.78, 5) is 14.5. The lowest BCUT2D eigenvalue weighted by molar-refractivity contribution is -0.122. The number of piperidine rings is 1. The van der Waals surface area contributed by atoms with Crippen molar-refractivity contribution in [1.29, 1.82) is 0 Å². The molecule has 1 aromatic carbocycles. The van der Waals surface area contributed by atoms with Gasteiger partial charge >= 0.3 is 0 Å². The quantitative estimate of drug-likeness (QED) is 0.807. The van der Waals surface area contributed by atoms with Gasteiger partial charge in [-0.05, 0) is 37.3 Å². The Morgan fingerprint density at radius 1 is 1.23 bits per heavy atom. The van der Waals surface area contributed by atoms with Crippen LogP contribution in [0.4, 0.5) is 0 Å². The summed E-state index contributed by atoms with van der Waals surface area (Å²) >= 11 is 0. The van der Waals surface area contributed by atoms with Crippen LogP contribution < -0.4 is 10.1 Å². The number of carbonyl (C=O) groups is 1. The van der Waals surface area contributed by atoms with E-state index in [9.17, 15) is 13.2 Å². The Kier molecular flexibility index (Phi) is 6.19. The molecule has 144 valence electrons. The van der Waals surface area contributed by atoms with Crippen molar-refractivity contribution < 1.29 is 17.9 Å². The summed E-state index contributed by atoms with van der Waals surface area (Å²) in [6.45, 7) is 1.72. The summed E-state index contributed by atoms with van der Waals surface area (Å²) in [5, 5.41) is 3.13. The van der Waals surface area contributed by atoms with Crippen molar-refractivity contribution in [3.05, 3.63) is 29.8 Å². The fourth-order valence-electron chi connectivity index (χ4n) is 3.93. The predicted octanol–water partition coefficient (Wildman–Crippen LogP) is 1.40. The highest BCUT2D eigenvalue weighted by Crippen LogP contribution is 2.22. The third-order valence-corrected chi connectivity index (χ3v) is 7.18. The van der Waals surface area contributed by atoms with Crippen LogP contribution in [0, 0.1) is 0 Å². The van der Waals surface area contributed by atoms with Gasteiger partial charge < -0.3 is 10.1 Å². The van der Waals surface area contributed by atoms with E-state index >= 15 is 0 Å². The van der Waals surface area contributed by atoms with Gasteiger partial charge in [0.25, 0.3) is 0 Å². The van der Waals surface area contributed by atoms with E-state index in [4.69, 9.17) is 4.74 Å². The number of hydrogen-bond acceptors (Lipinski definition) is 5. The smallest absolute Gasteiger partial charge is 0.220 e. The third-order valence-electron chi connectivity index (χ3n) is 5.43. The minimum absolute atomic E-state index is 0.0674. The summed E-state index contributed by atoms with van der Waals surface area (Å²) < 4.78 is 28.6. The van der Waals surface area contributed by atoms with Crippen LogP contribution in [0.2, 0.25) is 0 Å². The van der Waals surface area contributed by atoms with Crippen molar-refractivity contribution in [2.75, 3.05) is 31.7 Å². The molecule has 0 saturated carbocycles. The Hall–Kier alpha value is -1.60. The maximum absolute atomic E-state index is 12.3. The fraction of sp³-hybridized carbons (Fsp3) is 0.632. The highest BCUT2D eigenvalue weighted by Gasteiger charge is 2.34. The number of ether oxygens (including phenoxy) is 1. The molecular weight excluding hydrogens is 352 g/mol. The number of aryl methyl sites for hydroxylation is 1. The molecule has 1 N–H and O–H groups in total. The zero-order chi connectivity index (χ0) is 18.6. The SMILES string of the molecule is COc1ccccc1CCC(=O)NC1CCN([C@@H]2CCS(=O)(=O)C2)CC1. The number of para-hydroxylation sites is 1. The number of nitrogens with one attached hydrogen (secondary N) is 1. The van der Waals surface area contributed by atoms with Crippen LogP contribution in [0.5, 0.6) is 5.75 Å². The van der Waals surface area contributed by atoms with Gasteiger partial charge in [-0.1, -0.05) is 18.2 Å². The lowest BCUT2D eigenvalue weighted by atomic mass is 10.0. The minimum Gasteiger partial charge on any atom is -0.496 e. The number of amides is 1. The van der Waals surface area contributed by atoms with Gasteiger partial charge in [-0.3, -0.25) is 9.69 Å². The van der Waals surface area contributed by atoms with Crippen LogP contribution in [0.25, 0.3) is 0 Å². The van der Waals surface area contributed by atoms with Gasteiger partial charge in [-0.15, -0.1) is 0 Å². The molecular formula is C19H28N2O4S. The zero-order valence-corrected chi connectivity index (χ0v) is 16.1. The molecule has 26 heavy (non-hydrogen) atoms. The first-order valence-electron chi connectivity index (χ1n) is 9.32. The number of hydrogen-bond donors (Lipinski definition) is 1. The Bertz CT molecular complexity index is 727. The fourth-order valence-corrected chi connectivity index (χ4v) is 5.69. The van der Waals surface area contributed by atoms with Gasteiger partial charge in [0.1, 0.15) is 5.75 Å². The predicted molar refractivity (Wildman–Crippen MR) is 101 cm³/mol. The van der Waals surface area contributed by atoms with Crippen LogP contribution >= 0.6 is 0 Å². The minimum atomic E-state index is -2.84. The average Bonchev–Trinajstić information content (AvgIpc) is 3.00.